The number of aliphatic carboxylic acids is 1. The Bertz CT molecular complexity index is 864. The quantitative estimate of drug-likeness (QED) is 0.321. The smallest absolute Gasteiger partial charge is 0.328 e. The van der Waals surface area contributed by atoms with Gasteiger partial charge in [-0.15, -0.1) is 0 Å². The van der Waals surface area contributed by atoms with Gasteiger partial charge in [0, 0.05) is 5.69 Å². The number of carbonyl (C=O) groups excluding carboxylic acids is 2. The normalized spacial score (nSPS) is 29.6. The fraction of sp³-hybridized carbons (Fsp3) is 0.400. The van der Waals surface area contributed by atoms with E-state index in [2.05, 4.69) is 0 Å². The Balaban J connectivity index is 1.88. The molecule has 10 heteroatoms. The third-order valence-corrected chi connectivity index (χ3v) is 7.43. The van der Waals surface area contributed by atoms with Crippen molar-refractivity contribution < 1.29 is 32.6 Å². The highest BCUT2D eigenvalue weighted by atomic mass is 32.2. The number of carboxylic acids is 1. The van der Waals surface area contributed by atoms with Crippen LogP contribution in [0.15, 0.2) is 24.3 Å². The molecule has 1 aromatic rings. The van der Waals surface area contributed by atoms with Crippen molar-refractivity contribution in [2.45, 2.75) is 35.9 Å². The first-order chi connectivity index (χ1) is 11.6. The number of anilines is 1. The summed E-state index contributed by atoms with van der Waals surface area (Å²) in [5.74, 6) is -2.78. The Morgan fingerprint density at radius 3 is 2.48 bits per heavy atom. The third-order valence-electron chi connectivity index (χ3n) is 4.65. The van der Waals surface area contributed by atoms with Gasteiger partial charge in [0.15, 0.2) is 15.9 Å². The number of ether oxygens (including phenoxy) is 1. The summed E-state index contributed by atoms with van der Waals surface area (Å²) in [5.41, 5.74) is 5.98. The van der Waals surface area contributed by atoms with Gasteiger partial charge in [0.05, 0.1) is 12.8 Å². The van der Waals surface area contributed by atoms with Gasteiger partial charge in [-0.25, -0.2) is 13.2 Å². The molecule has 1 amide bonds. The van der Waals surface area contributed by atoms with E-state index in [1.807, 2.05) is 0 Å². The third kappa shape index (κ3) is 2.44. The highest BCUT2D eigenvalue weighted by Crippen LogP contribution is 2.47. The lowest BCUT2D eigenvalue weighted by Gasteiger charge is -2.35. The fourth-order valence-corrected chi connectivity index (χ4v) is 5.67. The first-order valence-electron chi connectivity index (χ1n) is 7.41. The van der Waals surface area contributed by atoms with Crippen LogP contribution < -0.4 is 10.5 Å². The van der Waals surface area contributed by atoms with E-state index >= 15 is 0 Å². The summed E-state index contributed by atoms with van der Waals surface area (Å²) in [6.07, 6.45) is -0.953. The number of carbonyl (C=O) groups is 3. The van der Waals surface area contributed by atoms with Crippen molar-refractivity contribution in [2.75, 3.05) is 5.73 Å². The molecule has 1 unspecified atom stereocenters. The molecule has 25 heavy (non-hydrogen) atoms. The zero-order valence-electron chi connectivity index (χ0n) is 13.2. The number of sulfone groups is 1. The van der Waals surface area contributed by atoms with Crippen LogP contribution in [0.2, 0.25) is 0 Å². The second-order valence-corrected chi connectivity index (χ2v) is 8.84. The second-order valence-electron chi connectivity index (χ2n) is 6.28. The number of nitrogens with two attached hydrogens (primary N) is 1. The van der Waals surface area contributed by atoms with Crippen molar-refractivity contribution in [3.8, 4) is 5.75 Å². The average Bonchev–Trinajstić information content (AvgIpc) is 2.64. The van der Waals surface area contributed by atoms with Crippen LogP contribution in [0.4, 0.5) is 5.69 Å². The molecule has 2 aliphatic heterocycles. The van der Waals surface area contributed by atoms with Crippen LogP contribution in [0.3, 0.4) is 0 Å². The molecule has 3 atom stereocenters. The highest BCUT2D eigenvalue weighted by molar-refractivity contribution is 7.94. The van der Waals surface area contributed by atoms with Gasteiger partial charge in [-0.05, 0) is 31.2 Å². The molecule has 0 radical (unpaired) electrons. The number of rotatable bonds is 4. The monoisotopic (exact) mass is 368 g/mol. The number of fused-ring (bicyclic) bond motifs is 1. The number of amides is 1. The Hall–Kier alpha value is -2.62. The SMILES string of the molecule is C[C@]1(CC(=O)Oc2ccc(N)cc2)[C@H](C(=O)O)N2C(=O)CC2S1(=O)=O. The van der Waals surface area contributed by atoms with Crippen LogP contribution >= 0.6 is 0 Å². The van der Waals surface area contributed by atoms with E-state index in [0.29, 0.717) is 5.69 Å². The summed E-state index contributed by atoms with van der Waals surface area (Å²) >= 11 is 0. The van der Waals surface area contributed by atoms with E-state index in [0.717, 1.165) is 11.8 Å². The summed E-state index contributed by atoms with van der Waals surface area (Å²) in [5, 5.41) is 8.23. The maximum Gasteiger partial charge on any atom is 0.328 e. The number of β-lactam (4-membered cyclic amide) rings is 1. The lowest BCUT2D eigenvalue weighted by Crippen LogP contribution is -2.57. The maximum atomic E-state index is 12.7. The van der Waals surface area contributed by atoms with Gasteiger partial charge < -0.3 is 20.5 Å². The molecule has 3 N–H and O–H groups in total. The molecule has 0 aliphatic carbocycles. The zero-order chi connectivity index (χ0) is 18.6. The van der Waals surface area contributed by atoms with Crippen LogP contribution in [0.5, 0.6) is 5.75 Å². The molecule has 0 spiro atoms. The van der Waals surface area contributed by atoms with E-state index in [9.17, 15) is 27.9 Å². The maximum absolute atomic E-state index is 12.7. The molecule has 2 saturated heterocycles. The van der Waals surface area contributed by atoms with Gasteiger partial charge in [-0.3, -0.25) is 9.59 Å². The van der Waals surface area contributed by atoms with Gasteiger partial charge in [0.25, 0.3) is 0 Å². The van der Waals surface area contributed by atoms with Crippen LogP contribution in [-0.2, 0) is 24.2 Å². The molecule has 2 aliphatic rings. The number of carboxylic acid groups (broad SMARTS) is 1. The number of nitrogens with zero attached hydrogens (tertiary/aromatic N) is 1. The summed E-state index contributed by atoms with van der Waals surface area (Å²) in [6.45, 7) is 1.16. The largest absolute Gasteiger partial charge is 0.480 e. The van der Waals surface area contributed by atoms with Crippen molar-refractivity contribution in [1.29, 1.82) is 0 Å². The highest BCUT2D eigenvalue weighted by Gasteiger charge is 2.70. The Morgan fingerprint density at radius 1 is 1.36 bits per heavy atom. The lowest BCUT2D eigenvalue weighted by molar-refractivity contribution is -0.158. The van der Waals surface area contributed by atoms with Crippen LogP contribution in [0, 0.1) is 0 Å². The molecule has 3 rings (SSSR count). The van der Waals surface area contributed by atoms with Gasteiger partial charge in [0.1, 0.15) is 15.9 Å². The summed E-state index contributed by atoms with van der Waals surface area (Å²) in [7, 11) is -4.05. The fourth-order valence-electron chi connectivity index (χ4n) is 3.30. The molecule has 2 fully saturated rings. The first kappa shape index (κ1) is 17.2. The van der Waals surface area contributed by atoms with E-state index in [4.69, 9.17) is 10.5 Å². The van der Waals surface area contributed by atoms with Gasteiger partial charge in [0.2, 0.25) is 5.91 Å². The van der Waals surface area contributed by atoms with Gasteiger partial charge in [-0.1, -0.05) is 0 Å². The minimum Gasteiger partial charge on any atom is -0.480 e. The molecule has 1 aromatic carbocycles. The van der Waals surface area contributed by atoms with E-state index in [1.54, 1.807) is 0 Å². The minimum absolute atomic E-state index is 0.157. The molecule has 2 heterocycles. The number of esters is 1. The molecule has 9 nitrogen and oxygen atoms in total. The number of hydrogen-bond donors (Lipinski definition) is 2. The van der Waals surface area contributed by atoms with E-state index < -0.39 is 50.3 Å². The first-order valence-corrected chi connectivity index (χ1v) is 8.96. The standard InChI is InChI=1S/C15H16N2O7S/c1-15(7-12(19)24-9-4-2-8(16)3-5-9)13(14(20)21)17-10(18)6-11(17)25(15,22)23/h2-5,11,13H,6-7,16H2,1H3,(H,20,21)/t11?,13-,15-/m0/s1. The summed E-state index contributed by atoms with van der Waals surface area (Å²) < 4.78 is 28.5. The van der Waals surface area contributed by atoms with Crippen molar-refractivity contribution in [2.24, 2.45) is 0 Å². The molecule has 0 bridgehead atoms. The average molecular weight is 368 g/mol. The van der Waals surface area contributed by atoms with Crippen molar-refractivity contribution >= 4 is 33.4 Å². The predicted molar refractivity (Wildman–Crippen MR) is 85.1 cm³/mol. The number of hydrogen-bond acceptors (Lipinski definition) is 7. The molecule has 134 valence electrons. The van der Waals surface area contributed by atoms with Crippen LogP contribution in [0.1, 0.15) is 19.8 Å². The second kappa shape index (κ2) is 5.45. The Morgan fingerprint density at radius 2 is 1.96 bits per heavy atom. The molecular formula is C15H16N2O7S. The van der Waals surface area contributed by atoms with E-state index in [-0.39, 0.29) is 12.2 Å². The molecular weight excluding hydrogens is 352 g/mol. The molecule has 0 saturated carbocycles. The van der Waals surface area contributed by atoms with Crippen LogP contribution in [-0.4, -0.2) is 52.4 Å². The van der Waals surface area contributed by atoms with Crippen LogP contribution in [0.25, 0.3) is 0 Å². The Labute approximate surface area is 143 Å². The Kier molecular flexibility index (Phi) is 3.75. The molecule has 0 aromatic heterocycles. The topological polar surface area (TPSA) is 144 Å². The predicted octanol–water partition coefficient (Wildman–Crippen LogP) is -0.237. The van der Waals surface area contributed by atoms with E-state index in [1.165, 1.54) is 24.3 Å². The number of nitrogen functional groups attached to an aromatic ring is 1. The zero-order valence-corrected chi connectivity index (χ0v) is 14.0. The van der Waals surface area contributed by atoms with Crippen molar-refractivity contribution in [3.05, 3.63) is 24.3 Å². The lowest BCUT2D eigenvalue weighted by atomic mass is 9.93. The van der Waals surface area contributed by atoms with Crippen molar-refractivity contribution in [3.63, 3.8) is 0 Å². The number of benzene rings is 1. The van der Waals surface area contributed by atoms with Gasteiger partial charge in [-0.2, -0.15) is 0 Å². The minimum atomic E-state index is -4.05. The summed E-state index contributed by atoms with van der Waals surface area (Å²) in [4.78, 5) is 36.3. The van der Waals surface area contributed by atoms with Crippen molar-refractivity contribution in [1.82, 2.24) is 4.90 Å². The summed E-state index contributed by atoms with van der Waals surface area (Å²) in [6, 6.07) is 4.25. The van der Waals surface area contributed by atoms with Gasteiger partial charge >= 0.3 is 11.9 Å².